The van der Waals surface area contributed by atoms with Gasteiger partial charge in [0.15, 0.2) is 0 Å². The smallest absolute Gasteiger partial charge is 0.132 e. The molecule has 0 saturated heterocycles. The zero-order valence-corrected chi connectivity index (χ0v) is 11.8. The molecular weight excluding hydrogens is 265 g/mol. The summed E-state index contributed by atoms with van der Waals surface area (Å²) in [6.07, 6.45) is 0.919. The highest BCUT2D eigenvalue weighted by Crippen LogP contribution is 2.34. The summed E-state index contributed by atoms with van der Waals surface area (Å²) < 4.78 is 15.6. The van der Waals surface area contributed by atoms with Gasteiger partial charge in [-0.15, -0.1) is 0 Å². The number of para-hydroxylation sites is 1. The van der Waals surface area contributed by atoms with Gasteiger partial charge in [0.05, 0.1) is 17.1 Å². The lowest BCUT2D eigenvalue weighted by molar-refractivity contribution is 0.629. The predicted octanol–water partition coefficient (Wildman–Crippen LogP) is 3.90. The average Bonchev–Trinajstić information content (AvgIpc) is 3.06. The fourth-order valence-electron chi connectivity index (χ4n) is 3.17. The fraction of sp³-hybridized carbons (Fsp3) is 0.235. The Bertz CT molecular complexity index is 797. The zero-order chi connectivity index (χ0) is 14.4. The Hall–Kier alpha value is -2.36. The number of hydrogen-bond acceptors (Lipinski definition) is 2. The number of rotatable bonds is 2. The van der Waals surface area contributed by atoms with Crippen molar-refractivity contribution in [2.24, 2.45) is 0 Å². The van der Waals surface area contributed by atoms with Crippen LogP contribution in [0.2, 0.25) is 0 Å². The molecule has 0 fully saturated rings. The normalized spacial score (nSPS) is 17.0. The van der Waals surface area contributed by atoms with Crippen molar-refractivity contribution in [2.45, 2.75) is 25.9 Å². The second-order valence-electron chi connectivity index (χ2n) is 5.41. The SMILES string of the molecule is CCn1c(C2Cc3ccccc3N2)nc2cc(F)ccc21. The second-order valence-corrected chi connectivity index (χ2v) is 5.41. The largest absolute Gasteiger partial charge is 0.375 e. The maximum atomic E-state index is 13.4. The summed E-state index contributed by atoms with van der Waals surface area (Å²) >= 11 is 0. The number of imidazole rings is 1. The van der Waals surface area contributed by atoms with Crippen LogP contribution in [0.3, 0.4) is 0 Å². The van der Waals surface area contributed by atoms with Crippen molar-refractivity contribution in [1.29, 1.82) is 0 Å². The van der Waals surface area contributed by atoms with Crippen LogP contribution in [0.25, 0.3) is 11.0 Å². The predicted molar refractivity (Wildman–Crippen MR) is 81.9 cm³/mol. The Balaban J connectivity index is 1.81. The molecule has 0 aliphatic carbocycles. The van der Waals surface area contributed by atoms with Gasteiger partial charge in [-0.2, -0.15) is 0 Å². The van der Waals surface area contributed by atoms with Gasteiger partial charge in [0.25, 0.3) is 0 Å². The van der Waals surface area contributed by atoms with Gasteiger partial charge in [-0.25, -0.2) is 9.37 Å². The molecule has 1 unspecified atom stereocenters. The maximum Gasteiger partial charge on any atom is 0.132 e. The summed E-state index contributed by atoms with van der Waals surface area (Å²) in [5.74, 6) is 0.742. The maximum absolute atomic E-state index is 13.4. The molecule has 106 valence electrons. The molecule has 3 nitrogen and oxygen atoms in total. The molecular formula is C17H16FN3. The molecule has 0 amide bonds. The van der Waals surface area contributed by atoms with Gasteiger partial charge >= 0.3 is 0 Å². The van der Waals surface area contributed by atoms with Gasteiger partial charge in [0.2, 0.25) is 0 Å². The molecule has 0 saturated carbocycles. The highest BCUT2D eigenvalue weighted by molar-refractivity contribution is 5.76. The molecule has 21 heavy (non-hydrogen) atoms. The lowest BCUT2D eigenvalue weighted by Gasteiger charge is -2.13. The Kier molecular flexibility index (Phi) is 2.70. The van der Waals surface area contributed by atoms with E-state index in [-0.39, 0.29) is 11.9 Å². The molecule has 2 aromatic carbocycles. The molecule has 0 bridgehead atoms. The third kappa shape index (κ3) is 1.90. The summed E-state index contributed by atoms with van der Waals surface area (Å²) in [6, 6.07) is 13.3. The molecule has 1 N–H and O–H groups in total. The summed E-state index contributed by atoms with van der Waals surface area (Å²) in [5, 5.41) is 3.52. The molecule has 4 rings (SSSR count). The van der Waals surface area contributed by atoms with E-state index in [1.807, 2.05) is 12.1 Å². The lowest BCUT2D eigenvalue weighted by atomic mass is 10.1. The van der Waals surface area contributed by atoms with E-state index in [1.54, 1.807) is 0 Å². The van der Waals surface area contributed by atoms with Crippen LogP contribution in [-0.4, -0.2) is 9.55 Å². The second kappa shape index (κ2) is 4.58. The van der Waals surface area contributed by atoms with E-state index in [2.05, 4.69) is 40.0 Å². The summed E-state index contributed by atoms with van der Waals surface area (Å²) in [6.45, 7) is 2.92. The first-order valence-electron chi connectivity index (χ1n) is 7.26. The van der Waals surface area contributed by atoms with E-state index in [0.29, 0.717) is 0 Å². The highest BCUT2D eigenvalue weighted by Gasteiger charge is 2.26. The molecule has 1 aliphatic heterocycles. The van der Waals surface area contributed by atoms with Crippen molar-refractivity contribution in [2.75, 3.05) is 5.32 Å². The van der Waals surface area contributed by atoms with E-state index in [4.69, 9.17) is 0 Å². The third-order valence-corrected chi connectivity index (χ3v) is 4.14. The molecule has 1 aliphatic rings. The van der Waals surface area contributed by atoms with E-state index < -0.39 is 0 Å². The van der Waals surface area contributed by atoms with E-state index >= 15 is 0 Å². The van der Waals surface area contributed by atoms with E-state index in [1.165, 1.54) is 23.4 Å². The number of nitrogens with one attached hydrogen (secondary N) is 1. The van der Waals surface area contributed by atoms with Crippen LogP contribution in [0.4, 0.5) is 10.1 Å². The monoisotopic (exact) mass is 281 g/mol. The van der Waals surface area contributed by atoms with Gasteiger partial charge in [0, 0.05) is 24.7 Å². The minimum Gasteiger partial charge on any atom is -0.375 e. The summed E-state index contributed by atoms with van der Waals surface area (Å²) in [5.41, 5.74) is 4.20. The van der Waals surface area contributed by atoms with Gasteiger partial charge in [0.1, 0.15) is 11.6 Å². The van der Waals surface area contributed by atoms with Gasteiger partial charge < -0.3 is 9.88 Å². The number of aryl methyl sites for hydroxylation is 1. The standard InChI is InChI=1S/C17H16FN3/c1-2-21-16-8-7-12(18)10-14(16)20-17(21)15-9-11-5-3-4-6-13(11)19-15/h3-8,10,15,19H,2,9H2,1H3. The molecule has 3 aromatic rings. The van der Waals surface area contributed by atoms with Crippen LogP contribution in [0.5, 0.6) is 0 Å². The highest BCUT2D eigenvalue weighted by atomic mass is 19.1. The first kappa shape index (κ1) is 12.4. The van der Waals surface area contributed by atoms with Crippen LogP contribution in [0, 0.1) is 5.82 Å². The van der Waals surface area contributed by atoms with Gasteiger partial charge in [-0.05, 0) is 30.7 Å². The lowest BCUT2D eigenvalue weighted by Crippen LogP contribution is -2.13. The number of anilines is 1. The third-order valence-electron chi connectivity index (χ3n) is 4.14. The average molecular weight is 281 g/mol. The van der Waals surface area contributed by atoms with Gasteiger partial charge in [-0.3, -0.25) is 0 Å². The van der Waals surface area contributed by atoms with Crippen molar-refractivity contribution >= 4 is 16.7 Å². The van der Waals surface area contributed by atoms with Crippen molar-refractivity contribution in [3.63, 3.8) is 0 Å². The Morgan fingerprint density at radius 2 is 2.14 bits per heavy atom. The van der Waals surface area contributed by atoms with E-state index in [9.17, 15) is 4.39 Å². The molecule has 4 heteroatoms. The Morgan fingerprint density at radius 1 is 1.29 bits per heavy atom. The minimum absolute atomic E-state index is 0.151. The molecule has 2 heterocycles. The van der Waals surface area contributed by atoms with Crippen molar-refractivity contribution in [3.8, 4) is 0 Å². The summed E-state index contributed by atoms with van der Waals surface area (Å²) in [7, 11) is 0. The molecule has 0 radical (unpaired) electrons. The molecule has 0 spiro atoms. The number of aromatic nitrogens is 2. The van der Waals surface area contributed by atoms with E-state index in [0.717, 1.165) is 29.8 Å². The zero-order valence-electron chi connectivity index (χ0n) is 11.8. The quantitative estimate of drug-likeness (QED) is 0.772. The van der Waals surface area contributed by atoms with Crippen LogP contribution < -0.4 is 5.32 Å². The first-order valence-corrected chi connectivity index (χ1v) is 7.26. The Morgan fingerprint density at radius 3 is 2.95 bits per heavy atom. The van der Waals surface area contributed by atoms with Crippen LogP contribution in [-0.2, 0) is 13.0 Å². The van der Waals surface area contributed by atoms with Crippen molar-refractivity contribution in [1.82, 2.24) is 9.55 Å². The number of halogens is 1. The van der Waals surface area contributed by atoms with Crippen LogP contribution in [0.15, 0.2) is 42.5 Å². The minimum atomic E-state index is -0.238. The van der Waals surface area contributed by atoms with Crippen LogP contribution in [0.1, 0.15) is 24.4 Å². The molecule has 1 atom stereocenters. The van der Waals surface area contributed by atoms with Crippen molar-refractivity contribution < 1.29 is 4.39 Å². The molecule has 1 aromatic heterocycles. The number of benzene rings is 2. The number of nitrogens with zero attached hydrogens (tertiary/aromatic N) is 2. The Labute approximate surface area is 122 Å². The number of fused-ring (bicyclic) bond motifs is 2. The number of hydrogen-bond donors (Lipinski definition) is 1. The van der Waals surface area contributed by atoms with Crippen LogP contribution >= 0.6 is 0 Å². The topological polar surface area (TPSA) is 29.9 Å². The van der Waals surface area contributed by atoms with Gasteiger partial charge in [-0.1, -0.05) is 18.2 Å². The summed E-state index contributed by atoms with van der Waals surface area (Å²) in [4.78, 5) is 4.67. The first-order chi connectivity index (χ1) is 10.3. The van der Waals surface area contributed by atoms with Crippen molar-refractivity contribution in [3.05, 3.63) is 59.7 Å². The fourth-order valence-corrected chi connectivity index (χ4v) is 3.17.